The van der Waals surface area contributed by atoms with Gasteiger partial charge in [0, 0.05) is 38.1 Å². The largest absolute Gasteiger partial charge is 0.506 e. The third-order valence-corrected chi connectivity index (χ3v) is 9.59. The summed E-state index contributed by atoms with van der Waals surface area (Å²) in [5.74, 6) is 0.0129. The van der Waals surface area contributed by atoms with Crippen molar-refractivity contribution in [3.63, 3.8) is 0 Å². The molecule has 0 unspecified atom stereocenters. The molecule has 0 aliphatic heterocycles. The number of phenolic OH excluding ortho intramolecular Hbond substituents is 2. The summed E-state index contributed by atoms with van der Waals surface area (Å²) in [5, 5.41) is 60.4. The van der Waals surface area contributed by atoms with Gasteiger partial charge in [-0.3, -0.25) is 9.20 Å². The number of pyridine rings is 1. The second kappa shape index (κ2) is 12.8. The van der Waals surface area contributed by atoms with E-state index >= 15 is 0 Å². The Hall–Kier alpha value is -8.10. The van der Waals surface area contributed by atoms with E-state index < -0.39 is 0 Å². The van der Waals surface area contributed by atoms with E-state index in [9.17, 15) is 20.3 Å². The van der Waals surface area contributed by atoms with Gasteiger partial charge < -0.3 is 19.5 Å². The van der Waals surface area contributed by atoms with Gasteiger partial charge in [-0.2, -0.15) is 10.2 Å². The van der Waals surface area contributed by atoms with Gasteiger partial charge in [0.05, 0.1) is 22.4 Å². The van der Waals surface area contributed by atoms with Crippen LogP contribution in [-0.2, 0) is 0 Å². The van der Waals surface area contributed by atoms with E-state index in [4.69, 9.17) is 9.40 Å². The van der Waals surface area contributed by atoms with Crippen molar-refractivity contribution in [1.82, 2.24) is 19.6 Å². The number of nitrogens with zero attached hydrogens (tertiary/aromatic N) is 8. The molecule has 0 spiro atoms. The lowest BCUT2D eigenvalue weighted by molar-refractivity contribution is -0.138. The van der Waals surface area contributed by atoms with Crippen LogP contribution in [0.3, 0.4) is 0 Å². The highest BCUT2D eigenvalue weighted by molar-refractivity contribution is 6.19. The van der Waals surface area contributed by atoms with Gasteiger partial charge in [-0.1, -0.05) is 48.5 Å². The summed E-state index contributed by atoms with van der Waals surface area (Å²) in [6.45, 7) is 0. The number of para-hydroxylation sites is 2. The molecule has 7 aromatic carbocycles. The minimum Gasteiger partial charge on any atom is -0.506 e. The SMILES string of the molecule is O=c1c2cccc3c(N=Nc4ccc(-c5nnc(-c6ccc(N=Nc7c(O)c(OO)cc8ccccc78)cc6)o5)cc4)c(O)cc(c32)c2nc3ccccc3n12. The standard InChI is InChI=1S/C42H24N8O6/c51-33-21-30-35-28(8-5-9-29(35)42(53)50-32-11-4-3-10-31(32)43-39(30)50)36(33)46-44-25-16-12-22(13-17-25)40-48-49-41(55-40)23-14-18-26(19-15-23)45-47-37-27-7-2-1-6-24(27)20-34(56-54)38(37)52/h1-21,51-52,54H. The van der Waals surface area contributed by atoms with Crippen molar-refractivity contribution >= 4 is 71.7 Å². The predicted molar refractivity (Wildman–Crippen MR) is 209 cm³/mol. The molecule has 0 amide bonds. The van der Waals surface area contributed by atoms with Crippen molar-refractivity contribution < 1.29 is 24.8 Å². The number of fused-ring (bicyclic) bond motifs is 5. The number of phenols is 2. The second-order valence-corrected chi connectivity index (χ2v) is 12.9. The van der Waals surface area contributed by atoms with E-state index in [1.54, 1.807) is 95.4 Å². The third kappa shape index (κ3) is 5.24. The molecule has 0 saturated heterocycles. The molecule has 0 radical (unpaired) electrons. The smallest absolute Gasteiger partial charge is 0.264 e. The summed E-state index contributed by atoms with van der Waals surface area (Å²) in [5.41, 5.74) is 4.34. The molecule has 10 aromatic rings. The van der Waals surface area contributed by atoms with Crippen LogP contribution in [0.4, 0.5) is 22.7 Å². The average Bonchev–Trinajstić information content (AvgIpc) is 3.89. The fourth-order valence-electron chi connectivity index (χ4n) is 6.92. The Morgan fingerprint density at radius 2 is 1.25 bits per heavy atom. The maximum absolute atomic E-state index is 13.7. The summed E-state index contributed by atoms with van der Waals surface area (Å²) in [6, 6.07) is 37.0. The van der Waals surface area contributed by atoms with Crippen LogP contribution < -0.4 is 10.4 Å². The summed E-state index contributed by atoms with van der Waals surface area (Å²) < 4.78 is 7.55. The first-order chi connectivity index (χ1) is 27.4. The first kappa shape index (κ1) is 32.5. The van der Waals surface area contributed by atoms with Crippen LogP contribution in [0.25, 0.3) is 71.9 Å². The van der Waals surface area contributed by atoms with Crippen LogP contribution in [0.1, 0.15) is 0 Å². The number of aromatic nitrogens is 4. The minimum absolute atomic E-state index is 0.0942. The van der Waals surface area contributed by atoms with Crippen molar-refractivity contribution in [3.8, 4) is 40.2 Å². The summed E-state index contributed by atoms with van der Waals surface area (Å²) in [4.78, 5) is 22.7. The molecule has 3 heterocycles. The van der Waals surface area contributed by atoms with Gasteiger partial charge >= 0.3 is 0 Å². The van der Waals surface area contributed by atoms with Crippen molar-refractivity contribution in [3.05, 3.63) is 138 Å². The zero-order chi connectivity index (χ0) is 37.9. The van der Waals surface area contributed by atoms with Gasteiger partial charge in [0.1, 0.15) is 22.8 Å². The molecular formula is C42H24N8O6. The van der Waals surface area contributed by atoms with Gasteiger partial charge in [0.25, 0.3) is 5.56 Å². The van der Waals surface area contributed by atoms with Gasteiger partial charge in [-0.15, -0.1) is 20.4 Å². The van der Waals surface area contributed by atoms with Gasteiger partial charge in [0.15, 0.2) is 5.75 Å². The lowest BCUT2D eigenvalue weighted by atomic mass is 10.0. The van der Waals surface area contributed by atoms with E-state index in [1.165, 1.54) is 6.07 Å². The predicted octanol–water partition coefficient (Wildman–Crippen LogP) is 10.6. The van der Waals surface area contributed by atoms with E-state index in [2.05, 4.69) is 35.5 Å². The molecular weight excluding hydrogens is 713 g/mol. The van der Waals surface area contributed by atoms with Crippen LogP contribution in [-0.4, -0.2) is 35.1 Å². The lowest BCUT2D eigenvalue weighted by Gasteiger charge is -2.10. The molecule has 10 rings (SSSR count). The topological polar surface area (TPSA) is 193 Å². The van der Waals surface area contributed by atoms with E-state index in [1.807, 2.05) is 30.3 Å². The second-order valence-electron chi connectivity index (χ2n) is 12.9. The number of rotatable bonds is 7. The normalized spacial score (nSPS) is 12.1. The zero-order valence-corrected chi connectivity index (χ0v) is 28.8. The summed E-state index contributed by atoms with van der Waals surface area (Å²) in [7, 11) is 0. The first-order valence-electron chi connectivity index (χ1n) is 17.2. The Kier molecular flexibility index (Phi) is 7.43. The third-order valence-electron chi connectivity index (χ3n) is 9.59. The van der Waals surface area contributed by atoms with Crippen molar-refractivity contribution in [1.29, 1.82) is 0 Å². The maximum atomic E-state index is 13.7. The minimum atomic E-state index is -0.338. The Morgan fingerprint density at radius 1 is 0.625 bits per heavy atom. The summed E-state index contributed by atoms with van der Waals surface area (Å²) in [6.07, 6.45) is 0. The number of imidazole rings is 1. The van der Waals surface area contributed by atoms with E-state index in [0.717, 1.165) is 0 Å². The Labute approximate surface area is 313 Å². The van der Waals surface area contributed by atoms with Crippen LogP contribution in [0.15, 0.2) is 157 Å². The van der Waals surface area contributed by atoms with E-state index in [-0.39, 0.29) is 46.0 Å². The molecule has 0 atom stereocenters. The fourth-order valence-corrected chi connectivity index (χ4v) is 6.92. The number of azo groups is 2. The van der Waals surface area contributed by atoms with Gasteiger partial charge in [-0.25, -0.2) is 10.2 Å². The first-order valence-corrected chi connectivity index (χ1v) is 17.2. The molecule has 268 valence electrons. The monoisotopic (exact) mass is 736 g/mol. The van der Waals surface area contributed by atoms with Crippen molar-refractivity contribution in [2.24, 2.45) is 20.5 Å². The molecule has 14 heteroatoms. The quantitative estimate of drug-likeness (QED) is 0.0811. The highest BCUT2D eigenvalue weighted by Gasteiger charge is 2.20. The van der Waals surface area contributed by atoms with Crippen LogP contribution in [0.5, 0.6) is 17.2 Å². The van der Waals surface area contributed by atoms with Crippen LogP contribution >= 0.6 is 0 Å². The maximum Gasteiger partial charge on any atom is 0.264 e. The molecule has 0 aliphatic carbocycles. The number of aromatic hydroxyl groups is 2. The zero-order valence-electron chi connectivity index (χ0n) is 28.8. The number of benzene rings is 7. The molecule has 56 heavy (non-hydrogen) atoms. The van der Waals surface area contributed by atoms with Crippen molar-refractivity contribution in [2.75, 3.05) is 0 Å². The van der Waals surface area contributed by atoms with Crippen LogP contribution in [0, 0.1) is 0 Å². The molecule has 0 bridgehead atoms. The van der Waals surface area contributed by atoms with Gasteiger partial charge in [-0.05, 0) is 84.2 Å². The highest BCUT2D eigenvalue weighted by Crippen LogP contribution is 2.44. The molecule has 3 N–H and O–H groups in total. The molecule has 0 saturated carbocycles. The molecule has 0 fully saturated rings. The Bertz CT molecular complexity index is 3290. The number of hydrogen-bond donors (Lipinski definition) is 3. The van der Waals surface area contributed by atoms with Gasteiger partial charge in [0.2, 0.25) is 17.5 Å². The van der Waals surface area contributed by atoms with Crippen LogP contribution in [0.2, 0.25) is 0 Å². The average molecular weight is 737 g/mol. The molecule has 3 aromatic heterocycles. The fraction of sp³-hybridized carbons (Fsp3) is 0. The van der Waals surface area contributed by atoms with Crippen molar-refractivity contribution in [2.45, 2.75) is 0 Å². The lowest BCUT2D eigenvalue weighted by Crippen LogP contribution is -2.13. The molecule has 14 nitrogen and oxygen atoms in total. The Morgan fingerprint density at radius 3 is 1.96 bits per heavy atom. The summed E-state index contributed by atoms with van der Waals surface area (Å²) >= 11 is 0. The number of hydrogen-bond acceptors (Lipinski definition) is 13. The highest BCUT2D eigenvalue weighted by atomic mass is 17.1. The molecule has 0 aliphatic rings. The van der Waals surface area contributed by atoms with E-state index in [0.29, 0.717) is 71.5 Å². The Balaban J connectivity index is 0.895.